The first-order valence-electron chi connectivity index (χ1n) is 6.23. The summed E-state index contributed by atoms with van der Waals surface area (Å²) in [4.78, 5) is 14.9. The Balaban J connectivity index is 1.91. The van der Waals surface area contributed by atoms with E-state index in [9.17, 15) is 4.79 Å². The number of nitrogens with one attached hydrogen (secondary N) is 1. The van der Waals surface area contributed by atoms with Crippen LogP contribution in [0.25, 0.3) is 0 Å². The predicted octanol–water partition coefficient (Wildman–Crippen LogP) is 0.326. The molecule has 1 unspecified atom stereocenters. The molecule has 1 aromatic rings. The molecule has 1 aliphatic heterocycles. The number of pyridine rings is 1. The molecule has 2 rings (SSSR count). The fraction of sp³-hybridized carbons (Fsp3) is 0.538. The minimum Gasteiger partial charge on any atom is -0.491 e. The summed E-state index contributed by atoms with van der Waals surface area (Å²) in [5, 5.41) is 3.30. The molecular formula is C13H19N3O3. The molecule has 1 fully saturated rings. The van der Waals surface area contributed by atoms with Crippen LogP contribution < -0.4 is 15.8 Å². The van der Waals surface area contributed by atoms with E-state index < -0.39 is 5.91 Å². The first kappa shape index (κ1) is 13.8. The van der Waals surface area contributed by atoms with Gasteiger partial charge in [0.15, 0.2) is 0 Å². The molecule has 1 saturated heterocycles. The standard InChI is InChI=1S/C13H19N3O3/c1-13(2)8-15-6-10(19-13)7-18-9-3-4-16-11(5-9)12(14)17/h3-5,10,15H,6-8H2,1-2H3,(H2,14,17). The Morgan fingerprint density at radius 1 is 1.68 bits per heavy atom. The molecule has 6 heteroatoms. The van der Waals surface area contributed by atoms with Crippen molar-refractivity contribution in [2.75, 3.05) is 19.7 Å². The van der Waals surface area contributed by atoms with Crippen molar-refractivity contribution in [3.05, 3.63) is 24.0 Å². The summed E-state index contributed by atoms with van der Waals surface area (Å²) in [6, 6.07) is 3.22. The van der Waals surface area contributed by atoms with Crippen molar-refractivity contribution in [3.63, 3.8) is 0 Å². The van der Waals surface area contributed by atoms with Gasteiger partial charge in [0.2, 0.25) is 0 Å². The van der Waals surface area contributed by atoms with Gasteiger partial charge in [-0.1, -0.05) is 0 Å². The first-order valence-corrected chi connectivity index (χ1v) is 6.23. The molecule has 0 bridgehead atoms. The van der Waals surface area contributed by atoms with Crippen molar-refractivity contribution in [1.29, 1.82) is 0 Å². The first-order chi connectivity index (χ1) is 8.96. The number of hydrogen-bond donors (Lipinski definition) is 2. The van der Waals surface area contributed by atoms with Crippen LogP contribution in [0.1, 0.15) is 24.3 Å². The van der Waals surface area contributed by atoms with Gasteiger partial charge in [-0.15, -0.1) is 0 Å². The van der Waals surface area contributed by atoms with Gasteiger partial charge in [0, 0.05) is 25.4 Å². The fourth-order valence-corrected chi connectivity index (χ4v) is 1.99. The summed E-state index contributed by atoms with van der Waals surface area (Å²) in [5.74, 6) is -0.00190. The molecule has 1 amide bonds. The van der Waals surface area contributed by atoms with E-state index in [1.165, 1.54) is 12.3 Å². The molecule has 1 aromatic heterocycles. The maximum Gasteiger partial charge on any atom is 0.267 e. The fourth-order valence-electron chi connectivity index (χ4n) is 1.99. The van der Waals surface area contributed by atoms with Crippen molar-refractivity contribution in [2.45, 2.75) is 25.6 Å². The molecule has 19 heavy (non-hydrogen) atoms. The second-order valence-corrected chi connectivity index (χ2v) is 5.18. The number of primary amides is 1. The normalized spacial score (nSPS) is 21.9. The Hall–Kier alpha value is -1.66. The molecule has 3 N–H and O–H groups in total. The Kier molecular flexibility index (Phi) is 4.01. The van der Waals surface area contributed by atoms with E-state index >= 15 is 0 Å². The van der Waals surface area contributed by atoms with Gasteiger partial charge in [0.25, 0.3) is 5.91 Å². The van der Waals surface area contributed by atoms with E-state index in [0.717, 1.165) is 13.1 Å². The molecule has 6 nitrogen and oxygen atoms in total. The summed E-state index contributed by atoms with van der Waals surface area (Å²) < 4.78 is 11.5. The highest BCUT2D eigenvalue weighted by atomic mass is 16.5. The largest absolute Gasteiger partial charge is 0.491 e. The number of nitrogens with zero attached hydrogens (tertiary/aromatic N) is 1. The highest BCUT2D eigenvalue weighted by Crippen LogP contribution is 2.17. The molecule has 0 saturated carbocycles. The molecule has 0 aromatic carbocycles. The van der Waals surface area contributed by atoms with Crippen LogP contribution in [0, 0.1) is 0 Å². The zero-order chi connectivity index (χ0) is 13.9. The van der Waals surface area contributed by atoms with Crippen LogP contribution in [-0.2, 0) is 4.74 Å². The van der Waals surface area contributed by atoms with Crippen molar-refractivity contribution in [3.8, 4) is 5.75 Å². The van der Waals surface area contributed by atoms with E-state index in [-0.39, 0.29) is 17.4 Å². The maximum absolute atomic E-state index is 11.0. The average Bonchev–Trinajstić information content (AvgIpc) is 2.35. The molecule has 104 valence electrons. The van der Waals surface area contributed by atoms with Gasteiger partial charge < -0.3 is 20.5 Å². The number of carbonyl (C=O) groups excluding carboxylic acids is 1. The number of carbonyl (C=O) groups is 1. The van der Waals surface area contributed by atoms with Crippen LogP contribution in [0.5, 0.6) is 5.75 Å². The maximum atomic E-state index is 11.0. The molecule has 1 atom stereocenters. The molecule has 0 aliphatic carbocycles. The zero-order valence-electron chi connectivity index (χ0n) is 11.2. The lowest BCUT2D eigenvalue weighted by Gasteiger charge is -2.36. The number of hydrogen-bond acceptors (Lipinski definition) is 5. The van der Waals surface area contributed by atoms with E-state index in [0.29, 0.717) is 12.4 Å². The van der Waals surface area contributed by atoms with Crippen LogP contribution in [-0.4, -0.2) is 42.3 Å². The van der Waals surface area contributed by atoms with Crippen LogP contribution in [0.4, 0.5) is 0 Å². The zero-order valence-corrected chi connectivity index (χ0v) is 11.2. The lowest BCUT2D eigenvalue weighted by Crippen LogP contribution is -2.52. The van der Waals surface area contributed by atoms with Crippen LogP contribution in [0.15, 0.2) is 18.3 Å². The van der Waals surface area contributed by atoms with Gasteiger partial charge in [-0.05, 0) is 19.9 Å². The third kappa shape index (κ3) is 3.90. The topological polar surface area (TPSA) is 86.5 Å². The summed E-state index contributed by atoms with van der Waals surface area (Å²) >= 11 is 0. The molecular weight excluding hydrogens is 246 g/mol. The molecule has 0 radical (unpaired) electrons. The number of ether oxygens (including phenoxy) is 2. The van der Waals surface area contributed by atoms with E-state index in [1.807, 2.05) is 13.8 Å². The van der Waals surface area contributed by atoms with Crippen LogP contribution in [0.2, 0.25) is 0 Å². The van der Waals surface area contributed by atoms with E-state index in [4.69, 9.17) is 15.2 Å². The smallest absolute Gasteiger partial charge is 0.267 e. The number of aromatic nitrogens is 1. The van der Waals surface area contributed by atoms with Gasteiger partial charge in [-0.3, -0.25) is 9.78 Å². The Morgan fingerprint density at radius 3 is 3.16 bits per heavy atom. The monoisotopic (exact) mass is 265 g/mol. The quantitative estimate of drug-likeness (QED) is 0.819. The van der Waals surface area contributed by atoms with E-state index in [2.05, 4.69) is 10.3 Å². The second kappa shape index (κ2) is 5.54. The van der Waals surface area contributed by atoms with Crippen molar-refractivity contribution >= 4 is 5.91 Å². The van der Waals surface area contributed by atoms with E-state index in [1.54, 1.807) is 6.07 Å². The van der Waals surface area contributed by atoms with Crippen molar-refractivity contribution in [1.82, 2.24) is 10.3 Å². The van der Waals surface area contributed by atoms with Gasteiger partial charge in [0.1, 0.15) is 24.2 Å². The predicted molar refractivity (Wildman–Crippen MR) is 70.1 cm³/mol. The minimum absolute atomic E-state index is 0.0195. The highest BCUT2D eigenvalue weighted by Gasteiger charge is 2.28. The molecule has 2 heterocycles. The SMILES string of the molecule is CC1(C)CNCC(COc2ccnc(C(N)=O)c2)O1. The molecule has 0 spiro atoms. The second-order valence-electron chi connectivity index (χ2n) is 5.18. The number of morpholine rings is 1. The van der Waals surface area contributed by atoms with Gasteiger partial charge >= 0.3 is 0 Å². The van der Waals surface area contributed by atoms with Crippen LogP contribution >= 0.6 is 0 Å². The number of rotatable bonds is 4. The van der Waals surface area contributed by atoms with Crippen molar-refractivity contribution in [2.24, 2.45) is 5.73 Å². The Bertz CT molecular complexity index is 462. The third-order valence-electron chi connectivity index (χ3n) is 2.83. The Morgan fingerprint density at radius 2 is 2.47 bits per heavy atom. The lowest BCUT2D eigenvalue weighted by molar-refractivity contribution is -0.107. The van der Waals surface area contributed by atoms with Crippen molar-refractivity contribution < 1.29 is 14.3 Å². The summed E-state index contributed by atoms with van der Waals surface area (Å²) in [7, 11) is 0. The average molecular weight is 265 g/mol. The minimum atomic E-state index is -0.567. The van der Waals surface area contributed by atoms with Gasteiger partial charge in [-0.2, -0.15) is 0 Å². The summed E-state index contributed by atoms with van der Waals surface area (Å²) in [5.41, 5.74) is 5.17. The van der Waals surface area contributed by atoms with Gasteiger partial charge in [0.05, 0.1) is 5.60 Å². The molecule has 1 aliphatic rings. The van der Waals surface area contributed by atoms with Crippen LogP contribution in [0.3, 0.4) is 0 Å². The lowest BCUT2D eigenvalue weighted by atomic mass is 10.1. The van der Waals surface area contributed by atoms with Gasteiger partial charge in [-0.25, -0.2) is 0 Å². The Labute approximate surface area is 112 Å². The third-order valence-corrected chi connectivity index (χ3v) is 2.83. The summed E-state index contributed by atoms with van der Waals surface area (Å²) in [6.45, 7) is 6.05. The number of nitrogens with two attached hydrogens (primary N) is 1. The highest BCUT2D eigenvalue weighted by molar-refractivity contribution is 5.91. The number of amides is 1. The summed E-state index contributed by atoms with van der Waals surface area (Å²) in [6.07, 6.45) is 1.48.